The van der Waals surface area contributed by atoms with Gasteiger partial charge < -0.3 is 5.11 Å². The zero-order chi connectivity index (χ0) is 15.1. The second-order valence-corrected chi connectivity index (χ2v) is 6.66. The van der Waals surface area contributed by atoms with E-state index in [1.807, 2.05) is 0 Å². The summed E-state index contributed by atoms with van der Waals surface area (Å²) in [6.07, 6.45) is 13.8. The minimum Gasteiger partial charge on any atom is -0.392 e. The molecule has 0 aliphatic heterocycles. The van der Waals surface area contributed by atoms with Gasteiger partial charge >= 0.3 is 0 Å². The maximum atomic E-state index is 10.5. The van der Waals surface area contributed by atoms with Crippen molar-refractivity contribution in [1.82, 2.24) is 9.78 Å². The topological polar surface area (TPSA) is 38.0 Å². The van der Waals surface area contributed by atoms with Crippen LogP contribution < -0.4 is 0 Å². The van der Waals surface area contributed by atoms with Crippen molar-refractivity contribution in [3.8, 4) is 0 Å². The molecule has 3 nitrogen and oxygen atoms in total. The van der Waals surface area contributed by atoms with E-state index in [1.54, 1.807) is 0 Å². The highest BCUT2D eigenvalue weighted by Gasteiger charge is 2.20. The van der Waals surface area contributed by atoms with Crippen LogP contribution in [0.25, 0.3) is 0 Å². The van der Waals surface area contributed by atoms with Crippen LogP contribution in [0, 0.1) is 5.92 Å². The molecule has 1 aliphatic rings. The predicted molar refractivity (Wildman–Crippen MR) is 87.4 cm³/mol. The Morgan fingerprint density at radius 2 is 2.05 bits per heavy atom. The van der Waals surface area contributed by atoms with Gasteiger partial charge in [0.2, 0.25) is 0 Å². The molecule has 3 heteroatoms. The van der Waals surface area contributed by atoms with Crippen molar-refractivity contribution in [2.24, 2.45) is 5.92 Å². The molecule has 1 aromatic heterocycles. The molecule has 1 heterocycles. The maximum Gasteiger partial charge on any atom is 0.0650 e. The highest BCUT2D eigenvalue weighted by atomic mass is 16.3. The Morgan fingerprint density at radius 3 is 2.71 bits per heavy atom. The molecule has 2 unspecified atom stereocenters. The summed E-state index contributed by atoms with van der Waals surface area (Å²) in [6, 6.07) is 2.69. The summed E-state index contributed by atoms with van der Waals surface area (Å²) in [7, 11) is 0. The van der Waals surface area contributed by atoms with Crippen LogP contribution in [0.3, 0.4) is 0 Å². The van der Waals surface area contributed by atoms with E-state index >= 15 is 0 Å². The van der Waals surface area contributed by atoms with Crippen LogP contribution in [0.1, 0.15) is 83.4 Å². The first kappa shape index (κ1) is 16.5. The number of aliphatic hydroxyl groups is 1. The van der Waals surface area contributed by atoms with Crippen molar-refractivity contribution in [2.45, 2.75) is 90.2 Å². The molecule has 0 aromatic carbocycles. The van der Waals surface area contributed by atoms with Crippen molar-refractivity contribution in [3.63, 3.8) is 0 Å². The first-order valence-corrected chi connectivity index (χ1v) is 8.96. The highest BCUT2D eigenvalue weighted by Crippen LogP contribution is 2.28. The van der Waals surface area contributed by atoms with Gasteiger partial charge in [0, 0.05) is 12.6 Å². The van der Waals surface area contributed by atoms with Crippen LogP contribution in [-0.2, 0) is 6.42 Å². The quantitative estimate of drug-likeness (QED) is 0.765. The average Bonchev–Trinajstić information content (AvgIpc) is 2.97. The fourth-order valence-electron chi connectivity index (χ4n) is 3.55. The first-order chi connectivity index (χ1) is 10.2. The van der Waals surface area contributed by atoms with E-state index in [9.17, 15) is 5.11 Å². The van der Waals surface area contributed by atoms with Gasteiger partial charge in [0.25, 0.3) is 0 Å². The molecule has 1 aromatic rings. The smallest absolute Gasteiger partial charge is 0.0650 e. The van der Waals surface area contributed by atoms with Crippen LogP contribution >= 0.6 is 0 Å². The molecule has 1 N–H and O–H groups in total. The van der Waals surface area contributed by atoms with Crippen LogP contribution in [0.2, 0.25) is 0 Å². The van der Waals surface area contributed by atoms with Crippen LogP contribution in [-0.4, -0.2) is 21.0 Å². The Morgan fingerprint density at radius 1 is 1.29 bits per heavy atom. The molecule has 2 atom stereocenters. The molecule has 2 rings (SSSR count). The van der Waals surface area contributed by atoms with Crippen LogP contribution in [0.5, 0.6) is 0 Å². The maximum absolute atomic E-state index is 10.5. The van der Waals surface area contributed by atoms with E-state index < -0.39 is 0 Å². The Bertz CT molecular complexity index is 396. The van der Waals surface area contributed by atoms with E-state index in [-0.39, 0.29) is 6.10 Å². The molecule has 1 fully saturated rings. The molecule has 0 saturated heterocycles. The Hall–Kier alpha value is -0.830. The molecule has 21 heavy (non-hydrogen) atoms. The minimum absolute atomic E-state index is 0.240. The third-order valence-corrected chi connectivity index (χ3v) is 5.03. The lowest BCUT2D eigenvalue weighted by molar-refractivity contribution is 0.0975. The molecule has 0 amide bonds. The van der Waals surface area contributed by atoms with Crippen molar-refractivity contribution in [2.75, 3.05) is 0 Å². The van der Waals surface area contributed by atoms with Gasteiger partial charge in [0.05, 0.1) is 17.8 Å². The number of aromatic nitrogens is 2. The zero-order valence-corrected chi connectivity index (χ0v) is 13.8. The second kappa shape index (κ2) is 8.57. The van der Waals surface area contributed by atoms with E-state index in [1.165, 1.54) is 44.9 Å². The van der Waals surface area contributed by atoms with Gasteiger partial charge in [0.15, 0.2) is 0 Å². The fraction of sp³-hybridized carbons (Fsp3) is 0.833. The molecule has 1 saturated carbocycles. The van der Waals surface area contributed by atoms with Crippen molar-refractivity contribution < 1.29 is 5.11 Å². The lowest BCUT2D eigenvalue weighted by Gasteiger charge is -2.22. The van der Waals surface area contributed by atoms with Gasteiger partial charge in [-0.3, -0.25) is 4.68 Å². The molecule has 120 valence electrons. The number of nitrogens with zero attached hydrogens (tertiary/aromatic N) is 2. The summed E-state index contributed by atoms with van der Waals surface area (Å²) in [5.41, 5.74) is 1.06. The molecule has 1 aliphatic carbocycles. The molecular formula is C18H32N2O. The van der Waals surface area contributed by atoms with Crippen molar-refractivity contribution >= 4 is 0 Å². The van der Waals surface area contributed by atoms with E-state index in [2.05, 4.69) is 30.8 Å². The lowest BCUT2D eigenvalue weighted by atomic mass is 9.91. The largest absolute Gasteiger partial charge is 0.392 e. The number of hydrogen-bond acceptors (Lipinski definition) is 2. The number of unbranched alkanes of at least 4 members (excludes halogenated alkanes) is 1. The highest BCUT2D eigenvalue weighted by molar-refractivity contribution is 5.02. The summed E-state index contributed by atoms with van der Waals surface area (Å²) < 4.78 is 2.15. The van der Waals surface area contributed by atoms with Crippen LogP contribution in [0.4, 0.5) is 0 Å². The van der Waals surface area contributed by atoms with E-state index in [4.69, 9.17) is 5.10 Å². The van der Waals surface area contributed by atoms with E-state index in [0.29, 0.717) is 18.4 Å². The Kier molecular flexibility index (Phi) is 6.75. The second-order valence-electron chi connectivity index (χ2n) is 6.66. The molecule has 0 radical (unpaired) electrons. The van der Waals surface area contributed by atoms with E-state index in [0.717, 1.165) is 18.5 Å². The summed E-state index contributed by atoms with van der Waals surface area (Å²) in [4.78, 5) is 0. The monoisotopic (exact) mass is 292 g/mol. The van der Waals surface area contributed by atoms with Gasteiger partial charge in [-0.2, -0.15) is 5.10 Å². The summed E-state index contributed by atoms with van der Waals surface area (Å²) >= 11 is 0. The van der Waals surface area contributed by atoms with Gasteiger partial charge in [0.1, 0.15) is 0 Å². The Labute approximate surface area is 129 Å². The van der Waals surface area contributed by atoms with Gasteiger partial charge in [-0.05, 0) is 31.2 Å². The zero-order valence-electron chi connectivity index (χ0n) is 13.8. The molecule has 0 spiro atoms. The summed E-state index contributed by atoms with van der Waals surface area (Å²) in [5, 5.41) is 15.2. The number of aliphatic hydroxyl groups excluding tert-OH is 1. The predicted octanol–water partition coefficient (Wildman–Crippen LogP) is 4.51. The number of hydrogen-bond donors (Lipinski definition) is 1. The van der Waals surface area contributed by atoms with Crippen molar-refractivity contribution in [3.05, 3.63) is 18.0 Å². The van der Waals surface area contributed by atoms with Gasteiger partial charge in [-0.25, -0.2) is 0 Å². The minimum atomic E-state index is -0.240. The van der Waals surface area contributed by atoms with Crippen LogP contribution in [0.15, 0.2) is 12.3 Å². The van der Waals surface area contributed by atoms with Gasteiger partial charge in [-0.1, -0.05) is 52.4 Å². The summed E-state index contributed by atoms with van der Waals surface area (Å²) in [6.45, 7) is 4.40. The van der Waals surface area contributed by atoms with Gasteiger partial charge in [-0.15, -0.1) is 0 Å². The average molecular weight is 292 g/mol. The molecular weight excluding hydrogens is 260 g/mol. The Balaban J connectivity index is 1.88. The summed E-state index contributed by atoms with van der Waals surface area (Å²) in [5.74, 6) is 0.421. The van der Waals surface area contributed by atoms with Crippen molar-refractivity contribution in [1.29, 1.82) is 0 Å². The molecule has 0 bridgehead atoms. The first-order valence-electron chi connectivity index (χ1n) is 8.96. The lowest BCUT2D eigenvalue weighted by Crippen LogP contribution is -2.23. The standard InChI is InChI=1S/C18H32N2O/c1-3-5-9-15(4-2)18(21)14-16-12-13-20(19-16)17-10-7-6-8-11-17/h12-13,15,17-18,21H,3-11,14H2,1-2H3. The SMILES string of the molecule is CCCCC(CC)C(O)Cc1ccn(C2CCCCC2)n1. The normalized spacial score (nSPS) is 19.6. The third-order valence-electron chi connectivity index (χ3n) is 5.03. The fourth-order valence-corrected chi connectivity index (χ4v) is 3.55. The third kappa shape index (κ3) is 4.84. The number of rotatable bonds is 8.